The van der Waals surface area contributed by atoms with Crippen LogP contribution in [0.5, 0.6) is 0 Å². The van der Waals surface area contributed by atoms with Crippen molar-refractivity contribution in [3.63, 3.8) is 0 Å². The number of nitrogens with zero attached hydrogens (tertiary/aromatic N) is 2. The Kier molecular flexibility index (Phi) is 9.13. The van der Waals surface area contributed by atoms with Crippen molar-refractivity contribution in [2.75, 3.05) is 4.90 Å². The fourth-order valence-electron chi connectivity index (χ4n) is 4.53. The second-order valence-corrected chi connectivity index (χ2v) is 18.9. The first kappa shape index (κ1) is 32.0. The van der Waals surface area contributed by atoms with Crippen LogP contribution in [-0.4, -0.2) is 60.8 Å². The third-order valence-corrected chi connectivity index (χ3v) is 11.9. The summed E-state index contributed by atoms with van der Waals surface area (Å²) < 4.78 is 24.7. The highest BCUT2D eigenvalue weighted by molar-refractivity contribution is 6.74. The zero-order valence-corrected chi connectivity index (χ0v) is 26.9. The molecular formula is C29H47N3O7Si. The first-order valence-electron chi connectivity index (χ1n) is 14.0. The monoisotopic (exact) mass is 577 g/mol. The Morgan fingerprint density at radius 1 is 1.02 bits per heavy atom. The van der Waals surface area contributed by atoms with Crippen molar-refractivity contribution in [2.45, 2.75) is 135 Å². The number of hydrogen-bond donors (Lipinski definition) is 1. The van der Waals surface area contributed by atoms with Gasteiger partial charge in [0.25, 0.3) is 0 Å². The van der Waals surface area contributed by atoms with E-state index < -0.39 is 37.8 Å². The highest BCUT2D eigenvalue weighted by Crippen LogP contribution is 2.44. The Morgan fingerprint density at radius 3 is 2.12 bits per heavy atom. The molecule has 1 aromatic rings. The number of carbonyl (C=O) groups excluding carboxylic acids is 3. The van der Waals surface area contributed by atoms with E-state index in [-0.39, 0.29) is 34.9 Å². The summed E-state index contributed by atoms with van der Waals surface area (Å²) in [5.74, 6) is -0.0160. The maximum absolute atomic E-state index is 13.4. The minimum absolute atomic E-state index is 0.0160. The standard InChI is InChI=1S/C29H47N3O7Si/c1-27(2,3)37-25(34)32(26(35)38-28(4,5)6)19-17-30-15-14-18(19)21-16-22(39-40(10,11)29(7,8)9)24-20(36-21)12-13-23(33)31-24/h14-15,17,20-22,24H,12-13,16H2,1-11H3,(H,31,33)/t20-,21-,22-,24-/m1/s1. The van der Waals surface area contributed by atoms with E-state index >= 15 is 0 Å². The average Bonchev–Trinajstić information content (AvgIpc) is 2.76. The van der Waals surface area contributed by atoms with E-state index in [9.17, 15) is 14.4 Å². The van der Waals surface area contributed by atoms with Crippen molar-refractivity contribution in [3.8, 4) is 0 Å². The summed E-state index contributed by atoms with van der Waals surface area (Å²) in [5.41, 5.74) is -0.890. The molecule has 224 valence electrons. The third kappa shape index (κ3) is 7.82. The maximum Gasteiger partial charge on any atom is 0.424 e. The van der Waals surface area contributed by atoms with Gasteiger partial charge < -0.3 is 24.0 Å². The topological polar surface area (TPSA) is 116 Å². The van der Waals surface area contributed by atoms with E-state index in [1.165, 1.54) is 6.20 Å². The second kappa shape index (κ2) is 11.4. The van der Waals surface area contributed by atoms with Gasteiger partial charge in [0.15, 0.2) is 8.32 Å². The number of amides is 3. The molecule has 0 aliphatic carbocycles. The van der Waals surface area contributed by atoms with Gasteiger partial charge >= 0.3 is 12.2 Å². The number of pyridine rings is 1. The molecule has 0 unspecified atom stereocenters. The Labute approximate surface area is 239 Å². The van der Waals surface area contributed by atoms with Crippen LogP contribution in [0.4, 0.5) is 15.3 Å². The number of ether oxygens (including phenoxy) is 3. The molecule has 2 saturated heterocycles. The summed E-state index contributed by atoms with van der Waals surface area (Å²) in [6.45, 7) is 21.3. The zero-order valence-electron chi connectivity index (χ0n) is 25.9. The van der Waals surface area contributed by atoms with Gasteiger partial charge in [0.05, 0.1) is 36.2 Å². The molecule has 10 nitrogen and oxygen atoms in total. The minimum atomic E-state index is -2.22. The summed E-state index contributed by atoms with van der Waals surface area (Å²) in [6.07, 6.45) is 1.49. The molecule has 2 aliphatic heterocycles. The Hall–Kier alpha value is -2.50. The highest BCUT2D eigenvalue weighted by atomic mass is 28.4. The molecule has 2 fully saturated rings. The Bertz CT molecular complexity index is 1080. The van der Waals surface area contributed by atoms with Crippen LogP contribution in [0.2, 0.25) is 18.1 Å². The SMILES string of the molecule is CC(C)(C)OC(=O)N(C(=O)OC(C)(C)C)c1cnccc1[C@H]1C[C@@H](O[Si](C)(C)C(C)(C)C)[C@@H]2NC(=O)CC[C@H]2O1. The number of fused-ring (bicyclic) bond motifs is 1. The van der Waals surface area contributed by atoms with Crippen LogP contribution in [0.1, 0.15) is 93.2 Å². The van der Waals surface area contributed by atoms with E-state index in [1.807, 2.05) is 0 Å². The van der Waals surface area contributed by atoms with Crippen LogP contribution in [-0.2, 0) is 23.4 Å². The molecule has 3 heterocycles. The van der Waals surface area contributed by atoms with E-state index in [0.29, 0.717) is 24.8 Å². The first-order chi connectivity index (χ1) is 18.2. The van der Waals surface area contributed by atoms with Gasteiger partial charge in [-0.15, -0.1) is 0 Å². The lowest BCUT2D eigenvalue weighted by molar-refractivity contribution is -0.148. The van der Waals surface area contributed by atoms with Crippen LogP contribution in [0.25, 0.3) is 0 Å². The molecule has 0 radical (unpaired) electrons. The van der Waals surface area contributed by atoms with Crippen molar-refractivity contribution < 1.29 is 33.0 Å². The van der Waals surface area contributed by atoms with Gasteiger partial charge in [-0.3, -0.25) is 9.78 Å². The predicted molar refractivity (Wildman–Crippen MR) is 155 cm³/mol. The van der Waals surface area contributed by atoms with Crippen molar-refractivity contribution in [3.05, 3.63) is 24.0 Å². The van der Waals surface area contributed by atoms with Crippen LogP contribution in [0.3, 0.4) is 0 Å². The molecule has 11 heteroatoms. The molecule has 1 aromatic heterocycles. The first-order valence-corrected chi connectivity index (χ1v) is 16.9. The van der Waals surface area contributed by atoms with E-state index in [4.69, 9.17) is 18.6 Å². The van der Waals surface area contributed by atoms with Gasteiger partial charge in [-0.2, -0.15) is 4.90 Å². The number of aromatic nitrogens is 1. The largest absolute Gasteiger partial charge is 0.443 e. The van der Waals surface area contributed by atoms with Gasteiger partial charge in [0, 0.05) is 24.6 Å². The van der Waals surface area contributed by atoms with Crippen molar-refractivity contribution in [1.82, 2.24) is 10.3 Å². The lowest BCUT2D eigenvalue weighted by Gasteiger charge is -2.49. The quantitative estimate of drug-likeness (QED) is 0.417. The summed E-state index contributed by atoms with van der Waals surface area (Å²) in [4.78, 5) is 44.3. The van der Waals surface area contributed by atoms with Gasteiger partial charge in [-0.1, -0.05) is 20.8 Å². The summed E-state index contributed by atoms with van der Waals surface area (Å²) >= 11 is 0. The molecule has 4 atom stereocenters. The van der Waals surface area contributed by atoms with Crippen molar-refractivity contribution >= 4 is 32.1 Å². The van der Waals surface area contributed by atoms with Crippen LogP contribution in [0, 0.1) is 0 Å². The van der Waals surface area contributed by atoms with Crippen molar-refractivity contribution in [2.24, 2.45) is 0 Å². The predicted octanol–water partition coefficient (Wildman–Crippen LogP) is 6.26. The van der Waals surface area contributed by atoms with E-state index in [0.717, 1.165) is 4.90 Å². The normalized spacial score (nSPS) is 24.0. The smallest absolute Gasteiger partial charge is 0.424 e. The fourth-order valence-corrected chi connectivity index (χ4v) is 5.89. The molecule has 0 saturated carbocycles. The average molecular weight is 578 g/mol. The fraction of sp³-hybridized carbons (Fsp3) is 0.724. The molecule has 40 heavy (non-hydrogen) atoms. The van der Waals surface area contributed by atoms with Crippen LogP contribution < -0.4 is 10.2 Å². The number of piperidine rings is 1. The lowest BCUT2D eigenvalue weighted by atomic mass is 9.87. The minimum Gasteiger partial charge on any atom is -0.443 e. The second-order valence-electron chi connectivity index (χ2n) is 14.2. The number of carbonyl (C=O) groups is 3. The highest BCUT2D eigenvalue weighted by Gasteiger charge is 2.48. The third-order valence-electron chi connectivity index (χ3n) is 7.39. The molecular weight excluding hydrogens is 530 g/mol. The van der Waals surface area contributed by atoms with Crippen LogP contribution in [0.15, 0.2) is 18.5 Å². The molecule has 3 amide bonds. The molecule has 2 aliphatic rings. The Balaban J connectivity index is 2.05. The number of imide groups is 1. The molecule has 0 aromatic carbocycles. The number of hydrogen-bond acceptors (Lipinski definition) is 8. The number of nitrogens with one attached hydrogen (secondary N) is 1. The van der Waals surface area contributed by atoms with E-state index in [2.05, 4.69) is 44.2 Å². The lowest BCUT2D eigenvalue weighted by Crippen LogP contribution is -2.61. The molecule has 0 spiro atoms. The van der Waals surface area contributed by atoms with Gasteiger partial charge in [0.2, 0.25) is 5.91 Å². The number of rotatable bonds is 4. The number of anilines is 1. The van der Waals surface area contributed by atoms with Crippen LogP contribution >= 0.6 is 0 Å². The maximum atomic E-state index is 13.4. The summed E-state index contributed by atoms with van der Waals surface area (Å²) in [6, 6.07) is 1.46. The van der Waals surface area contributed by atoms with Gasteiger partial charge in [-0.25, -0.2) is 9.59 Å². The summed E-state index contributed by atoms with van der Waals surface area (Å²) in [5, 5.41) is 3.06. The molecule has 3 rings (SSSR count). The summed E-state index contributed by atoms with van der Waals surface area (Å²) in [7, 11) is -2.22. The zero-order chi connectivity index (χ0) is 30.3. The van der Waals surface area contributed by atoms with E-state index in [1.54, 1.807) is 53.8 Å². The van der Waals surface area contributed by atoms with Crippen molar-refractivity contribution in [1.29, 1.82) is 0 Å². The Morgan fingerprint density at radius 2 is 1.60 bits per heavy atom. The van der Waals surface area contributed by atoms with Gasteiger partial charge in [0.1, 0.15) is 11.2 Å². The molecule has 0 bridgehead atoms. The van der Waals surface area contributed by atoms with Gasteiger partial charge in [-0.05, 0) is 72.2 Å². The molecule has 1 N–H and O–H groups in total.